The molecule has 0 bridgehead atoms. The molecular weight excluding hydrogens is 333 g/mol. The topological polar surface area (TPSA) is 54.5 Å². The summed E-state index contributed by atoms with van der Waals surface area (Å²) in [7, 11) is 1.59. The van der Waals surface area contributed by atoms with E-state index in [1.54, 1.807) is 18.2 Å². The van der Waals surface area contributed by atoms with Crippen LogP contribution < -0.4 is 4.90 Å². The Morgan fingerprint density at radius 1 is 1.32 bits per heavy atom. The lowest BCUT2D eigenvalue weighted by Crippen LogP contribution is -2.25. The molecular formula is C11H10Cl3NO3S. The van der Waals surface area contributed by atoms with Crippen molar-refractivity contribution >= 4 is 54.5 Å². The van der Waals surface area contributed by atoms with Gasteiger partial charge in [-0.15, -0.1) is 0 Å². The highest BCUT2D eigenvalue weighted by atomic mass is 35.7. The van der Waals surface area contributed by atoms with Crippen molar-refractivity contribution in [2.24, 2.45) is 5.92 Å². The molecule has 1 heterocycles. The Balaban J connectivity index is 2.23. The maximum atomic E-state index is 11.9. The van der Waals surface area contributed by atoms with Crippen molar-refractivity contribution in [3.05, 3.63) is 28.2 Å². The van der Waals surface area contributed by atoms with E-state index in [1.165, 1.54) is 4.90 Å². The first-order chi connectivity index (χ1) is 8.78. The summed E-state index contributed by atoms with van der Waals surface area (Å²) in [5.74, 6) is -0.742. The van der Waals surface area contributed by atoms with E-state index in [2.05, 4.69) is 0 Å². The first-order valence-corrected chi connectivity index (χ1v) is 8.68. The predicted molar refractivity (Wildman–Crippen MR) is 76.6 cm³/mol. The number of halogens is 3. The highest BCUT2D eigenvalue weighted by molar-refractivity contribution is 8.13. The van der Waals surface area contributed by atoms with E-state index in [-0.39, 0.29) is 35.6 Å². The predicted octanol–water partition coefficient (Wildman–Crippen LogP) is 2.91. The van der Waals surface area contributed by atoms with Crippen LogP contribution in [0.15, 0.2) is 18.2 Å². The Labute approximate surface area is 125 Å². The molecule has 2 rings (SSSR count). The molecule has 1 aliphatic rings. The van der Waals surface area contributed by atoms with Gasteiger partial charge in [0, 0.05) is 29.6 Å². The summed E-state index contributed by atoms with van der Waals surface area (Å²) in [6, 6.07) is 4.97. The van der Waals surface area contributed by atoms with Crippen molar-refractivity contribution in [2.45, 2.75) is 6.42 Å². The monoisotopic (exact) mass is 341 g/mol. The fraction of sp³-hybridized carbons (Fsp3) is 0.364. The van der Waals surface area contributed by atoms with Crippen LogP contribution in [0.2, 0.25) is 10.0 Å². The lowest BCUT2D eigenvalue weighted by atomic mass is 10.1. The number of carbonyl (C=O) groups excluding carboxylic acids is 1. The van der Waals surface area contributed by atoms with Crippen LogP contribution >= 0.6 is 33.9 Å². The van der Waals surface area contributed by atoms with Crippen LogP contribution in [0, 0.1) is 5.92 Å². The van der Waals surface area contributed by atoms with Gasteiger partial charge in [0.2, 0.25) is 15.0 Å². The Kier molecular flexibility index (Phi) is 4.30. The third-order valence-corrected chi connectivity index (χ3v) is 4.92. The summed E-state index contributed by atoms with van der Waals surface area (Å²) in [5, 5.41) is 0.632. The zero-order chi connectivity index (χ0) is 14.2. The zero-order valence-electron chi connectivity index (χ0n) is 9.64. The Bertz CT molecular complexity index is 618. The average molecular weight is 343 g/mol. The lowest BCUT2D eigenvalue weighted by molar-refractivity contribution is -0.117. The van der Waals surface area contributed by atoms with E-state index in [0.717, 1.165) is 0 Å². The SMILES string of the molecule is O=C1CC(CS(=O)(=O)Cl)CN1c1cccc(Cl)c1Cl. The number of hydrogen-bond donors (Lipinski definition) is 0. The molecule has 1 saturated heterocycles. The molecule has 8 heteroatoms. The maximum Gasteiger partial charge on any atom is 0.232 e. The molecule has 0 spiro atoms. The molecule has 19 heavy (non-hydrogen) atoms. The van der Waals surface area contributed by atoms with Crippen LogP contribution in [0.25, 0.3) is 0 Å². The van der Waals surface area contributed by atoms with Gasteiger partial charge in [-0.2, -0.15) is 0 Å². The second-order valence-electron chi connectivity index (χ2n) is 4.35. The Morgan fingerprint density at radius 2 is 2.00 bits per heavy atom. The molecule has 1 fully saturated rings. The lowest BCUT2D eigenvalue weighted by Gasteiger charge is -2.18. The molecule has 1 aliphatic heterocycles. The molecule has 0 aromatic heterocycles. The molecule has 0 saturated carbocycles. The summed E-state index contributed by atoms with van der Waals surface area (Å²) in [6.07, 6.45) is 0.134. The van der Waals surface area contributed by atoms with E-state index < -0.39 is 9.05 Å². The average Bonchev–Trinajstić information content (AvgIpc) is 2.61. The second-order valence-corrected chi connectivity index (χ2v) is 7.96. The first-order valence-electron chi connectivity index (χ1n) is 5.44. The molecule has 104 valence electrons. The standard InChI is InChI=1S/C11H10Cl3NO3S/c12-8-2-1-3-9(11(8)13)15-5-7(4-10(15)16)6-19(14,17)18/h1-3,7H,4-6H2. The van der Waals surface area contributed by atoms with Gasteiger partial charge < -0.3 is 4.90 Å². The number of rotatable bonds is 3. The molecule has 0 aliphatic carbocycles. The fourth-order valence-corrected chi connectivity index (χ4v) is 3.83. The number of amides is 1. The van der Waals surface area contributed by atoms with Crippen LogP contribution in [-0.2, 0) is 13.8 Å². The van der Waals surface area contributed by atoms with Crippen molar-refractivity contribution in [3.8, 4) is 0 Å². The number of anilines is 1. The highest BCUT2D eigenvalue weighted by Crippen LogP contribution is 2.36. The molecule has 0 radical (unpaired) electrons. The van der Waals surface area contributed by atoms with Crippen molar-refractivity contribution < 1.29 is 13.2 Å². The van der Waals surface area contributed by atoms with Gasteiger partial charge in [0.1, 0.15) is 0 Å². The molecule has 1 aromatic rings. The van der Waals surface area contributed by atoms with Crippen molar-refractivity contribution in [2.75, 3.05) is 17.2 Å². The Morgan fingerprint density at radius 3 is 2.63 bits per heavy atom. The minimum absolute atomic E-state index is 0.134. The van der Waals surface area contributed by atoms with Gasteiger partial charge in [0.05, 0.1) is 21.5 Å². The summed E-state index contributed by atoms with van der Waals surface area (Å²) < 4.78 is 22.1. The molecule has 1 atom stereocenters. The van der Waals surface area contributed by atoms with Crippen LogP contribution in [0.1, 0.15) is 6.42 Å². The van der Waals surface area contributed by atoms with E-state index in [1.807, 2.05) is 0 Å². The molecule has 1 amide bonds. The largest absolute Gasteiger partial charge is 0.311 e. The van der Waals surface area contributed by atoms with Gasteiger partial charge in [-0.3, -0.25) is 4.79 Å². The van der Waals surface area contributed by atoms with Crippen LogP contribution in [-0.4, -0.2) is 26.6 Å². The van der Waals surface area contributed by atoms with Gasteiger partial charge in [-0.05, 0) is 12.1 Å². The van der Waals surface area contributed by atoms with Crippen molar-refractivity contribution in [1.82, 2.24) is 0 Å². The molecule has 1 unspecified atom stereocenters. The van der Waals surface area contributed by atoms with Crippen LogP contribution in [0.5, 0.6) is 0 Å². The number of benzene rings is 1. The third kappa shape index (κ3) is 3.54. The summed E-state index contributed by atoms with van der Waals surface area (Å²) in [4.78, 5) is 13.4. The van der Waals surface area contributed by atoms with Gasteiger partial charge in [0.15, 0.2) is 0 Å². The smallest absolute Gasteiger partial charge is 0.232 e. The second kappa shape index (κ2) is 5.48. The van der Waals surface area contributed by atoms with E-state index in [4.69, 9.17) is 33.9 Å². The van der Waals surface area contributed by atoms with E-state index >= 15 is 0 Å². The minimum Gasteiger partial charge on any atom is -0.311 e. The zero-order valence-corrected chi connectivity index (χ0v) is 12.7. The van der Waals surface area contributed by atoms with Gasteiger partial charge in [0.25, 0.3) is 0 Å². The quantitative estimate of drug-likeness (QED) is 0.794. The molecule has 0 N–H and O–H groups in total. The molecule has 4 nitrogen and oxygen atoms in total. The minimum atomic E-state index is -3.62. The summed E-state index contributed by atoms with van der Waals surface area (Å²) in [5.41, 5.74) is 0.494. The summed E-state index contributed by atoms with van der Waals surface area (Å²) in [6.45, 7) is 0.269. The highest BCUT2D eigenvalue weighted by Gasteiger charge is 2.34. The van der Waals surface area contributed by atoms with E-state index in [0.29, 0.717) is 10.7 Å². The van der Waals surface area contributed by atoms with Gasteiger partial charge in [-0.1, -0.05) is 29.3 Å². The van der Waals surface area contributed by atoms with Crippen LogP contribution in [0.3, 0.4) is 0 Å². The van der Waals surface area contributed by atoms with Crippen LogP contribution in [0.4, 0.5) is 5.69 Å². The number of nitrogens with zero attached hydrogens (tertiary/aromatic N) is 1. The van der Waals surface area contributed by atoms with Gasteiger partial charge in [-0.25, -0.2) is 8.42 Å². The summed E-state index contributed by atoms with van der Waals surface area (Å²) >= 11 is 11.9. The first kappa shape index (κ1) is 14.9. The number of carbonyl (C=O) groups is 1. The molecule has 1 aromatic carbocycles. The van der Waals surface area contributed by atoms with E-state index in [9.17, 15) is 13.2 Å². The Hall–Kier alpha value is -0.490. The number of hydrogen-bond acceptors (Lipinski definition) is 3. The fourth-order valence-electron chi connectivity index (χ4n) is 2.11. The van der Waals surface area contributed by atoms with Crippen molar-refractivity contribution in [1.29, 1.82) is 0 Å². The third-order valence-electron chi connectivity index (χ3n) is 2.86. The van der Waals surface area contributed by atoms with Crippen molar-refractivity contribution in [3.63, 3.8) is 0 Å². The normalized spacial score (nSPS) is 20.1. The van der Waals surface area contributed by atoms with Gasteiger partial charge >= 0.3 is 0 Å². The maximum absolute atomic E-state index is 11.9.